The fourth-order valence-electron chi connectivity index (χ4n) is 1.86. The van der Waals surface area contributed by atoms with E-state index in [1.807, 2.05) is 13.8 Å². The number of nitrogens with one attached hydrogen (secondary N) is 1. The van der Waals surface area contributed by atoms with Gasteiger partial charge in [-0.05, 0) is 38.8 Å². The molecule has 2 nitrogen and oxygen atoms in total. The van der Waals surface area contributed by atoms with Crippen LogP contribution in [0.15, 0.2) is 18.2 Å². The van der Waals surface area contributed by atoms with Crippen LogP contribution in [0.2, 0.25) is 0 Å². The lowest BCUT2D eigenvalue weighted by Crippen LogP contribution is -2.08. The van der Waals surface area contributed by atoms with E-state index in [0.717, 1.165) is 12.2 Å². The molecular formula is C12H17NO. The molecule has 1 atom stereocenters. The molecule has 1 unspecified atom stereocenters. The van der Waals surface area contributed by atoms with Gasteiger partial charge in [-0.3, -0.25) is 0 Å². The third-order valence-electron chi connectivity index (χ3n) is 2.38. The Morgan fingerprint density at radius 2 is 2.21 bits per heavy atom. The summed E-state index contributed by atoms with van der Waals surface area (Å²) in [6.07, 6.45) is 1.36. The highest BCUT2D eigenvalue weighted by atomic mass is 16.5. The molecule has 0 saturated heterocycles. The van der Waals surface area contributed by atoms with E-state index in [-0.39, 0.29) is 6.10 Å². The third-order valence-corrected chi connectivity index (χ3v) is 2.38. The van der Waals surface area contributed by atoms with Gasteiger partial charge in [0.05, 0.1) is 6.10 Å². The average Bonchev–Trinajstić information content (AvgIpc) is 2.42. The van der Waals surface area contributed by atoms with Crippen LogP contribution in [0.1, 0.15) is 26.3 Å². The van der Waals surface area contributed by atoms with E-state index >= 15 is 0 Å². The molecule has 1 aliphatic rings. The van der Waals surface area contributed by atoms with Crippen molar-refractivity contribution in [3.8, 4) is 5.75 Å². The molecule has 0 saturated carbocycles. The van der Waals surface area contributed by atoms with Gasteiger partial charge in [-0.15, -0.1) is 0 Å². The second-order valence-electron chi connectivity index (χ2n) is 4.24. The van der Waals surface area contributed by atoms with Gasteiger partial charge in [0, 0.05) is 17.8 Å². The molecule has 76 valence electrons. The maximum atomic E-state index is 5.63. The van der Waals surface area contributed by atoms with Crippen molar-refractivity contribution in [2.24, 2.45) is 0 Å². The van der Waals surface area contributed by atoms with Crippen molar-refractivity contribution in [2.75, 3.05) is 5.32 Å². The van der Waals surface area contributed by atoms with Gasteiger partial charge in [0.25, 0.3) is 0 Å². The van der Waals surface area contributed by atoms with Crippen LogP contribution in [-0.4, -0.2) is 12.1 Å². The molecule has 1 heterocycles. The lowest BCUT2D eigenvalue weighted by molar-refractivity contribution is 0.242. The molecule has 2 heteroatoms. The maximum absolute atomic E-state index is 5.63. The zero-order chi connectivity index (χ0) is 10.1. The van der Waals surface area contributed by atoms with Crippen molar-refractivity contribution >= 4 is 5.69 Å². The highest BCUT2D eigenvalue weighted by Gasteiger charge is 2.16. The summed E-state index contributed by atoms with van der Waals surface area (Å²) in [4.78, 5) is 0. The normalized spacial score (nSPS) is 19.3. The Balaban J connectivity index is 2.20. The molecule has 0 aromatic heterocycles. The first-order valence-electron chi connectivity index (χ1n) is 5.21. The van der Waals surface area contributed by atoms with Crippen LogP contribution in [0.5, 0.6) is 5.75 Å². The monoisotopic (exact) mass is 191 g/mol. The summed E-state index contributed by atoms with van der Waals surface area (Å²) in [6, 6.07) is 6.86. The van der Waals surface area contributed by atoms with Crippen LogP contribution < -0.4 is 10.1 Å². The fraction of sp³-hybridized carbons (Fsp3) is 0.500. The van der Waals surface area contributed by atoms with E-state index in [1.165, 1.54) is 11.3 Å². The van der Waals surface area contributed by atoms with Gasteiger partial charge in [0.1, 0.15) is 5.75 Å². The second kappa shape index (κ2) is 3.52. The SMILES string of the molecule is CC1Cc2ccc(OC(C)C)cc2N1. The van der Waals surface area contributed by atoms with Gasteiger partial charge in [0.2, 0.25) is 0 Å². The van der Waals surface area contributed by atoms with Crippen LogP contribution in [0, 0.1) is 0 Å². The van der Waals surface area contributed by atoms with Crippen LogP contribution in [0.4, 0.5) is 5.69 Å². The summed E-state index contributed by atoms with van der Waals surface area (Å²) in [5.74, 6) is 0.959. The van der Waals surface area contributed by atoms with Crippen molar-refractivity contribution in [2.45, 2.75) is 39.3 Å². The summed E-state index contributed by atoms with van der Waals surface area (Å²) in [5.41, 5.74) is 2.63. The number of hydrogen-bond donors (Lipinski definition) is 1. The van der Waals surface area contributed by atoms with Gasteiger partial charge in [-0.25, -0.2) is 0 Å². The number of rotatable bonds is 2. The summed E-state index contributed by atoms with van der Waals surface area (Å²) in [7, 11) is 0. The van der Waals surface area contributed by atoms with Crippen LogP contribution >= 0.6 is 0 Å². The van der Waals surface area contributed by atoms with Gasteiger partial charge >= 0.3 is 0 Å². The largest absolute Gasteiger partial charge is 0.491 e. The first kappa shape index (κ1) is 9.38. The predicted molar refractivity (Wildman–Crippen MR) is 59.0 cm³/mol. The average molecular weight is 191 g/mol. The standard InChI is InChI=1S/C12H17NO/c1-8(2)14-11-5-4-10-6-9(3)13-12(10)7-11/h4-5,7-9,13H,6H2,1-3H3. The van der Waals surface area contributed by atoms with Gasteiger partial charge < -0.3 is 10.1 Å². The van der Waals surface area contributed by atoms with Gasteiger partial charge in [-0.1, -0.05) is 6.07 Å². The fourth-order valence-corrected chi connectivity index (χ4v) is 1.86. The molecule has 0 amide bonds. The zero-order valence-corrected chi connectivity index (χ0v) is 9.00. The van der Waals surface area contributed by atoms with E-state index in [2.05, 4.69) is 30.4 Å². The minimum atomic E-state index is 0.242. The summed E-state index contributed by atoms with van der Waals surface area (Å²) < 4.78 is 5.63. The minimum absolute atomic E-state index is 0.242. The molecule has 14 heavy (non-hydrogen) atoms. The minimum Gasteiger partial charge on any atom is -0.491 e. The van der Waals surface area contributed by atoms with Crippen LogP contribution in [0.3, 0.4) is 0 Å². The quantitative estimate of drug-likeness (QED) is 0.776. The molecule has 1 aromatic rings. The number of ether oxygens (including phenoxy) is 1. The Morgan fingerprint density at radius 1 is 1.43 bits per heavy atom. The summed E-state index contributed by atoms with van der Waals surface area (Å²) in [5, 5.41) is 3.43. The van der Waals surface area contributed by atoms with Crippen molar-refractivity contribution in [1.29, 1.82) is 0 Å². The molecule has 2 rings (SSSR count). The molecule has 1 N–H and O–H groups in total. The van der Waals surface area contributed by atoms with E-state index in [4.69, 9.17) is 4.74 Å². The molecule has 1 aromatic carbocycles. The first-order valence-corrected chi connectivity index (χ1v) is 5.21. The number of fused-ring (bicyclic) bond motifs is 1. The third kappa shape index (κ3) is 1.84. The molecule has 0 aliphatic carbocycles. The van der Waals surface area contributed by atoms with Crippen molar-refractivity contribution in [1.82, 2.24) is 0 Å². The Morgan fingerprint density at radius 3 is 2.93 bits per heavy atom. The molecule has 0 radical (unpaired) electrons. The predicted octanol–water partition coefficient (Wildman–Crippen LogP) is 2.83. The highest BCUT2D eigenvalue weighted by Crippen LogP contribution is 2.29. The van der Waals surface area contributed by atoms with Crippen molar-refractivity contribution < 1.29 is 4.74 Å². The molecule has 0 fully saturated rings. The van der Waals surface area contributed by atoms with E-state index in [9.17, 15) is 0 Å². The number of anilines is 1. The van der Waals surface area contributed by atoms with Crippen LogP contribution in [0.25, 0.3) is 0 Å². The summed E-state index contributed by atoms with van der Waals surface area (Å²) in [6.45, 7) is 6.29. The molecular weight excluding hydrogens is 174 g/mol. The topological polar surface area (TPSA) is 21.3 Å². The lowest BCUT2D eigenvalue weighted by Gasteiger charge is -2.10. The number of benzene rings is 1. The van der Waals surface area contributed by atoms with Crippen LogP contribution in [-0.2, 0) is 6.42 Å². The molecule has 1 aliphatic heterocycles. The highest BCUT2D eigenvalue weighted by molar-refractivity contribution is 5.59. The molecule has 0 bridgehead atoms. The van der Waals surface area contributed by atoms with Crippen molar-refractivity contribution in [3.63, 3.8) is 0 Å². The molecule has 0 spiro atoms. The maximum Gasteiger partial charge on any atom is 0.121 e. The van der Waals surface area contributed by atoms with E-state index in [0.29, 0.717) is 6.04 Å². The Labute approximate surface area is 85.3 Å². The van der Waals surface area contributed by atoms with E-state index < -0.39 is 0 Å². The lowest BCUT2D eigenvalue weighted by atomic mass is 10.1. The Kier molecular flexibility index (Phi) is 2.36. The van der Waals surface area contributed by atoms with Gasteiger partial charge in [0.15, 0.2) is 0 Å². The second-order valence-corrected chi connectivity index (χ2v) is 4.24. The number of hydrogen-bond acceptors (Lipinski definition) is 2. The summed E-state index contributed by atoms with van der Waals surface area (Å²) >= 11 is 0. The zero-order valence-electron chi connectivity index (χ0n) is 9.00. The van der Waals surface area contributed by atoms with Crippen molar-refractivity contribution in [3.05, 3.63) is 23.8 Å². The Hall–Kier alpha value is -1.18. The van der Waals surface area contributed by atoms with E-state index in [1.54, 1.807) is 0 Å². The van der Waals surface area contributed by atoms with Gasteiger partial charge in [-0.2, -0.15) is 0 Å². The smallest absolute Gasteiger partial charge is 0.121 e. The first-order chi connectivity index (χ1) is 6.65. The Bertz CT molecular complexity index is 333.